The van der Waals surface area contributed by atoms with Gasteiger partial charge in [0.1, 0.15) is 0 Å². The van der Waals surface area contributed by atoms with E-state index in [1.165, 1.54) is 6.42 Å². The molecule has 3 saturated carbocycles. The Kier molecular flexibility index (Phi) is 3.56. The summed E-state index contributed by atoms with van der Waals surface area (Å²) in [7, 11) is 1.86. The number of rotatable bonds is 2. The number of amides is 1. The Morgan fingerprint density at radius 2 is 1.84 bits per heavy atom. The third-order valence-electron chi connectivity index (χ3n) is 5.80. The molecule has 0 spiro atoms. The molecule has 3 N–H and O–H groups in total. The lowest BCUT2D eigenvalue weighted by molar-refractivity contribution is -0.142. The molecular formula is C15H26N2O2. The van der Waals surface area contributed by atoms with Gasteiger partial charge in [-0.25, -0.2) is 0 Å². The van der Waals surface area contributed by atoms with E-state index in [2.05, 4.69) is 0 Å². The first kappa shape index (κ1) is 13.4. The van der Waals surface area contributed by atoms with Crippen LogP contribution in [0.3, 0.4) is 0 Å². The minimum atomic E-state index is -0.350. The first-order chi connectivity index (χ1) is 9.09. The minimum Gasteiger partial charge on any atom is -0.391 e. The van der Waals surface area contributed by atoms with Crippen molar-refractivity contribution < 1.29 is 9.90 Å². The molecule has 3 fully saturated rings. The van der Waals surface area contributed by atoms with Crippen molar-refractivity contribution in [2.75, 3.05) is 7.05 Å². The van der Waals surface area contributed by atoms with Crippen LogP contribution in [0.2, 0.25) is 0 Å². The van der Waals surface area contributed by atoms with Crippen LogP contribution in [0.5, 0.6) is 0 Å². The van der Waals surface area contributed by atoms with E-state index < -0.39 is 0 Å². The van der Waals surface area contributed by atoms with Gasteiger partial charge in [0.2, 0.25) is 5.91 Å². The quantitative estimate of drug-likeness (QED) is 0.787. The van der Waals surface area contributed by atoms with Crippen LogP contribution in [0.25, 0.3) is 0 Å². The van der Waals surface area contributed by atoms with E-state index in [1.807, 2.05) is 11.9 Å². The number of nitrogens with two attached hydrogens (primary N) is 1. The molecule has 0 aromatic heterocycles. The summed E-state index contributed by atoms with van der Waals surface area (Å²) in [6, 6.07) is 0.0574. The van der Waals surface area contributed by atoms with Crippen LogP contribution >= 0.6 is 0 Å². The predicted molar refractivity (Wildman–Crippen MR) is 73.3 cm³/mol. The van der Waals surface area contributed by atoms with Crippen LogP contribution < -0.4 is 5.73 Å². The molecule has 0 heterocycles. The lowest BCUT2D eigenvalue weighted by Gasteiger charge is -2.39. The summed E-state index contributed by atoms with van der Waals surface area (Å²) in [5.74, 6) is 1.25. The van der Waals surface area contributed by atoms with E-state index in [4.69, 9.17) is 5.73 Å². The van der Waals surface area contributed by atoms with Crippen molar-refractivity contribution in [3.63, 3.8) is 0 Å². The van der Waals surface area contributed by atoms with Crippen LogP contribution in [0.4, 0.5) is 0 Å². The molecule has 6 atom stereocenters. The van der Waals surface area contributed by atoms with Crippen LogP contribution in [0.15, 0.2) is 0 Å². The van der Waals surface area contributed by atoms with Gasteiger partial charge in [0, 0.05) is 13.1 Å². The van der Waals surface area contributed by atoms with Crippen LogP contribution in [-0.2, 0) is 4.79 Å². The molecule has 0 saturated heterocycles. The first-order valence-electron chi connectivity index (χ1n) is 7.80. The number of carbonyl (C=O) groups excluding carboxylic acids is 1. The maximum absolute atomic E-state index is 12.7. The van der Waals surface area contributed by atoms with Gasteiger partial charge >= 0.3 is 0 Å². The van der Waals surface area contributed by atoms with Gasteiger partial charge in [-0.1, -0.05) is 12.8 Å². The highest BCUT2D eigenvalue weighted by Crippen LogP contribution is 2.48. The second-order valence-corrected chi connectivity index (χ2v) is 6.80. The van der Waals surface area contributed by atoms with Gasteiger partial charge < -0.3 is 15.7 Å². The molecule has 0 aliphatic heterocycles. The maximum Gasteiger partial charge on any atom is 0.227 e. The Hall–Kier alpha value is -0.610. The Labute approximate surface area is 115 Å². The summed E-state index contributed by atoms with van der Waals surface area (Å²) in [6.07, 6.45) is 7.09. The topological polar surface area (TPSA) is 66.6 Å². The zero-order valence-electron chi connectivity index (χ0n) is 11.8. The lowest BCUT2D eigenvalue weighted by atomic mass is 9.83. The fourth-order valence-corrected chi connectivity index (χ4v) is 4.64. The van der Waals surface area contributed by atoms with Gasteiger partial charge in [-0.2, -0.15) is 0 Å². The lowest BCUT2D eigenvalue weighted by Crippen LogP contribution is -2.52. The van der Waals surface area contributed by atoms with Gasteiger partial charge in [-0.3, -0.25) is 4.79 Å². The highest BCUT2D eigenvalue weighted by Gasteiger charge is 2.50. The van der Waals surface area contributed by atoms with Gasteiger partial charge in [-0.05, 0) is 43.9 Å². The third kappa shape index (κ3) is 2.19. The van der Waals surface area contributed by atoms with Crippen LogP contribution in [0.1, 0.15) is 44.9 Å². The number of hydrogen-bond acceptors (Lipinski definition) is 3. The Morgan fingerprint density at radius 3 is 2.47 bits per heavy atom. The number of hydrogen-bond donors (Lipinski definition) is 2. The number of fused-ring (bicyclic) bond motifs is 2. The largest absolute Gasteiger partial charge is 0.391 e. The van der Waals surface area contributed by atoms with Gasteiger partial charge in [0.05, 0.1) is 18.1 Å². The summed E-state index contributed by atoms with van der Waals surface area (Å²) >= 11 is 0. The highest BCUT2D eigenvalue weighted by atomic mass is 16.3. The predicted octanol–water partition coefficient (Wildman–Crippen LogP) is 1.12. The fraction of sp³-hybridized carbons (Fsp3) is 0.933. The molecule has 2 bridgehead atoms. The van der Waals surface area contributed by atoms with Crippen LogP contribution in [-0.4, -0.2) is 41.1 Å². The van der Waals surface area contributed by atoms with Crippen molar-refractivity contribution in [3.8, 4) is 0 Å². The minimum absolute atomic E-state index is 0.00702. The average Bonchev–Trinajstić information content (AvgIpc) is 2.98. The van der Waals surface area contributed by atoms with Crippen molar-refractivity contribution >= 4 is 5.91 Å². The monoisotopic (exact) mass is 266 g/mol. The summed E-state index contributed by atoms with van der Waals surface area (Å²) in [5.41, 5.74) is 6.26. The maximum atomic E-state index is 12.7. The van der Waals surface area contributed by atoms with Crippen molar-refractivity contribution in [1.82, 2.24) is 4.90 Å². The fourth-order valence-electron chi connectivity index (χ4n) is 4.64. The van der Waals surface area contributed by atoms with Crippen molar-refractivity contribution in [2.24, 2.45) is 23.5 Å². The third-order valence-corrected chi connectivity index (χ3v) is 5.80. The summed E-state index contributed by atoms with van der Waals surface area (Å²) in [5, 5.41) is 10.1. The molecule has 6 unspecified atom stereocenters. The summed E-state index contributed by atoms with van der Waals surface area (Å²) < 4.78 is 0. The van der Waals surface area contributed by atoms with Gasteiger partial charge in [0.15, 0.2) is 0 Å². The number of carbonyl (C=O) groups is 1. The van der Waals surface area contributed by atoms with Crippen LogP contribution in [0, 0.1) is 17.8 Å². The molecule has 4 nitrogen and oxygen atoms in total. The standard InChI is InChI=1S/C15H26N2O2/c1-17(11-4-2-3-5-12(11)18)15(19)13-9-6-7-10(8-9)14(13)16/h9-14,18H,2-8,16H2,1H3. The Morgan fingerprint density at radius 1 is 1.16 bits per heavy atom. The van der Waals surface area contributed by atoms with Crippen molar-refractivity contribution in [2.45, 2.75) is 63.1 Å². The van der Waals surface area contributed by atoms with E-state index in [0.717, 1.165) is 38.5 Å². The number of aliphatic hydroxyl groups excluding tert-OH is 1. The van der Waals surface area contributed by atoms with Crippen molar-refractivity contribution in [3.05, 3.63) is 0 Å². The van der Waals surface area contributed by atoms with E-state index >= 15 is 0 Å². The van der Waals surface area contributed by atoms with E-state index in [9.17, 15) is 9.90 Å². The molecule has 3 aliphatic rings. The molecule has 0 aromatic rings. The molecule has 4 heteroatoms. The number of aliphatic hydroxyl groups is 1. The second-order valence-electron chi connectivity index (χ2n) is 6.80. The zero-order chi connectivity index (χ0) is 13.6. The first-order valence-corrected chi connectivity index (χ1v) is 7.80. The Balaban J connectivity index is 1.69. The van der Waals surface area contributed by atoms with E-state index in [1.54, 1.807) is 0 Å². The molecule has 19 heavy (non-hydrogen) atoms. The van der Waals surface area contributed by atoms with E-state index in [-0.39, 0.29) is 30.0 Å². The molecule has 108 valence electrons. The van der Waals surface area contributed by atoms with E-state index in [0.29, 0.717) is 11.8 Å². The SMILES string of the molecule is CN(C(=O)C1C2CCC(C2)C1N)C1CCCCC1O. The summed E-state index contributed by atoms with van der Waals surface area (Å²) in [6.45, 7) is 0. The molecule has 1 amide bonds. The second kappa shape index (κ2) is 5.06. The van der Waals surface area contributed by atoms with Gasteiger partial charge in [0.25, 0.3) is 0 Å². The average molecular weight is 266 g/mol. The zero-order valence-corrected chi connectivity index (χ0v) is 11.8. The summed E-state index contributed by atoms with van der Waals surface area (Å²) in [4.78, 5) is 14.5. The smallest absolute Gasteiger partial charge is 0.227 e. The van der Waals surface area contributed by atoms with Gasteiger partial charge in [-0.15, -0.1) is 0 Å². The molecule has 0 aromatic carbocycles. The van der Waals surface area contributed by atoms with Crippen molar-refractivity contribution in [1.29, 1.82) is 0 Å². The highest BCUT2D eigenvalue weighted by molar-refractivity contribution is 5.80. The molecule has 3 aliphatic carbocycles. The Bertz CT molecular complexity index is 358. The molecule has 3 rings (SSSR count). The number of nitrogens with zero attached hydrogens (tertiary/aromatic N) is 1. The molecule has 0 radical (unpaired) electrons. The normalized spacial score (nSPS) is 45.4. The number of likely N-dealkylation sites (N-methyl/N-ethyl adjacent to an activating group) is 1. The molecular weight excluding hydrogens is 240 g/mol.